The molecule has 0 spiro atoms. The number of aliphatic hydroxyl groups is 1. The van der Waals surface area contributed by atoms with Crippen LogP contribution in [0.1, 0.15) is 30.0 Å². The zero-order valence-corrected chi connectivity index (χ0v) is 20.6. The zero-order chi connectivity index (χ0) is 25.2. The van der Waals surface area contributed by atoms with E-state index in [0.717, 1.165) is 16.7 Å². The first-order valence-corrected chi connectivity index (χ1v) is 12.4. The summed E-state index contributed by atoms with van der Waals surface area (Å²) in [7, 11) is 0. The molecule has 1 N–H and O–H groups in total. The lowest BCUT2D eigenvalue weighted by atomic mass is 9.62. The topological polar surface area (TPSA) is 74.2 Å². The van der Waals surface area contributed by atoms with Crippen LogP contribution in [-0.4, -0.2) is 42.1 Å². The molecule has 0 unspecified atom stereocenters. The first kappa shape index (κ1) is 26.0. The molecule has 0 saturated heterocycles. The highest BCUT2D eigenvalue weighted by atomic mass is 16.6. The van der Waals surface area contributed by atoms with Crippen LogP contribution in [0.4, 0.5) is 0 Å². The van der Waals surface area contributed by atoms with Crippen LogP contribution >= 0.6 is 0 Å². The third kappa shape index (κ3) is 6.59. The molecule has 3 aromatic carbocycles. The summed E-state index contributed by atoms with van der Waals surface area (Å²) in [6.07, 6.45) is -1.15. The van der Waals surface area contributed by atoms with Crippen LogP contribution < -0.4 is 0 Å². The van der Waals surface area contributed by atoms with E-state index < -0.39 is 23.7 Å². The molecule has 1 aliphatic carbocycles. The van der Waals surface area contributed by atoms with Crippen LogP contribution in [0.25, 0.3) is 0 Å². The number of benzene rings is 3. The van der Waals surface area contributed by atoms with Gasteiger partial charge in [-0.05, 0) is 23.6 Å². The molecule has 0 amide bonds. The molecule has 0 heterocycles. The molecule has 6 nitrogen and oxygen atoms in total. The summed E-state index contributed by atoms with van der Waals surface area (Å²) >= 11 is 0. The Bertz CT molecular complexity index is 1060. The first-order valence-electron chi connectivity index (χ1n) is 12.4. The summed E-state index contributed by atoms with van der Waals surface area (Å²) in [6.45, 7) is 3.05. The van der Waals surface area contributed by atoms with Gasteiger partial charge in [0.2, 0.25) is 0 Å². The van der Waals surface area contributed by atoms with Gasteiger partial charge in [-0.15, -0.1) is 0 Å². The van der Waals surface area contributed by atoms with E-state index in [2.05, 4.69) is 0 Å². The molecule has 4 atom stereocenters. The largest absolute Gasteiger partial charge is 0.466 e. The van der Waals surface area contributed by atoms with Crippen molar-refractivity contribution < 1.29 is 28.8 Å². The van der Waals surface area contributed by atoms with E-state index in [-0.39, 0.29) is 25.6 Å². The molecule has 190 valence electrons. The Morgan fingerprint density at radius 1 is 0.778 bits per heavy atom. The third-order valence-electron chi connectivity index (χ3n) is 6.52. The van der Waals surface area contributed by atoms with Crippen LogP contribution in [0, 0.1) is 5.92 Å². The van der Waals surface area contributed by atoms with Crippen LogP contribution in [0.3, 0.4) is 0 Å². The highest BCUT2D eigenvalue weighted by Gasteiger charge is 2.64. The standard InChI is InChI=1S/C30H34O6/c1-2-34-27(31)18-26-28(35-20-24-14-8-4-9-15-24)29(36-21-25-16-10-5-11-17-25)30(26,32)22-33-19-23-12-6-3-7-13-23/h3-17,26,28-29,32H,2,18-22H2,1H3/t26-,28-,29+,30+/m1/s1. The van der Waals surface area contributed by atoms with Crippen LogP contribution in [0.2, 0.25) is 0 Å². The van der Waals surface area contributed by atoms with Crippen molar-refractivity contribution in [3.05, 3.63) is 108 Å². The molecular formula is C30H34O6. The first-order chi connectivity index (χ1) is 17.6. The lowest BCUT2D eigenvalue weighted by Gasteiger charge is -2.56. The zero-order valence-electron chi connectivity index (χ0n) is 20.6. The molecule has 0 radical (unpaired) electrons. The number of ether oxygens (including phenoxy) is 4. The normalized spacial score (nSPS) is 23.1. The molecule has 36 heavy (non-hydrogen) atoms. The van der Waals surface area contributed by atoms with Gasteiger partial charge in [0.1, 0.15) is 11.7 Å². The highest BCUT2D eigenvalue weighted by molar-refractivity contribution is 5.70. The van der Waals surface area contributed by atoms with Gasteiger partial charge >= 0.3 is 5.97 Å². The smallest absolute Gasteiger partial charge is 0.306 e. The van der Waals surface area contributed by atoms with Crippen molar-refractivity contribution >= 4 is 5.97 Å². The molecule has 6 heteroatoms. The minimum atomic E-state index is -1.41. The Kier molecular flexibility index (Phi) is 9.25. The van der Waals surface area contributed by atoms with Crippen LogP contribution in [0.5, 0.6) is 0 Å². The predicted molar refractivity (Wildman–Crippen MR) is 136 cm³/mol. The minimum Gasteiger partial charge on any atom is -0.466 e. The number of esters is 1. The van der Waals surface area contributed by atoms with E-state index in [4.69, 9.17) is 18.9 Å². The van der Waals surface area contributed by atoms with Crippen molar-refractivity contribution in [1.29, 1.82) is 0 Å². The summed E-state index contributed by atoms with van der Waals surface area (Å²) in [4.78, 5) is 12.5. The quantitative estimate of drug-likeness (QED) is 0.351. The fourth-order valence-corrected chi connectivity index (χ4v) is 4.63. The maximum Gasteiger partial charge on any atom is 0.306 e. The SMILES string of the molecule is CCOC(=O)C[C@@H]1[C@@H](OCc2ccccc2)[C@H](OCc2ccccc2)[C@]1(O)COCc1ccccc1. The summed E-state index contributed by atoms with van der Waals surface area (Å²) in [5.41, 5.74) is 1.59. The molecule has 0 bridgehead atoms. The van der Waals surface area contributed by atoms with Crippen molar-refractivity contribution in [3.63, 3.8) is 0 Å². The Morgan fingerprint density at radius 2 is 1.28 bits per heavy atom. The second-order valence-electron chi connectivity index (χ2n) is 9.06. The number of rotatable bonds is 13. The average Bonchev–Trinajstić information content (AvgIpc) is 2.91. The predicted octanol–water partition coefficient (Wildman–Crippen LogP) is 4.69. The van der Waals surface area contributed by atoms with E-state index in [1.807, 2.05) is 91.0 Å². The second-order valence-corrected chi connectivity index (χ2v) is 9.06. The van der Waals surface area contributed by atoms with Gasteiger partial charge in [0.25, 0.3) is 0 Å². The average molecular weight is 491 g/mol. The summed E-state index contributed by atoms with van der Waals surface area (Å²) in [5, 5.41) is 11.8. The van der Waals surface area contributed by atoms with Gasteiger partial charge in [0.15, 0.2) is 0 Å². The van der Waals surface area contributed by atoms with Gasteiger partial charge in [-0.2, -0.15) is 0 Å². The lowest BCUT2D eigenvalue weighted by Crippen LogP contribution is -2.73. The van der Waals surface area contributed by atoms with Gasteiger partial charge in [-0.1, -0.05) is 91.0 Å². The summed E-state index contributed by atoms with van der Waals surface area (Å²) in [5.74, 6) is -0.907. The lowest BCUT2D eigenvalue weighted by molar-refractivity contribution is -0.309. The molecule has 1 aliphatic rings. The maximum absolute atomic E-state index is 12.5. The number of hydrogen-bond donors (Lipinski definition) is 1. The third-order valence-corrected chi connectivity index (χ3v) is 6.52. The second kappa shape index (κ2) is 12.8. The molecule has 1 saturated carbocycles. The van der Waals surface area contributed by atoms with Gasteiger partial charge in [-0.25, -0.2) is 0 Å². The Labute approximate surface area is 212 Å². The van der Waals surface area contributed by atoms with E-state index in [1.54, 1.807) is 6.92 Å². The Balaban J connectivity index is 1.51. The van der Waals surface area contributed by atoms with E-state index >= 15 is 0 Å². The minimum absolute atomic E-state index is 0.0105. The molecule has 4 rings (SSSR count). The van der Waals surface area contributed by atoms with Crippen LogP contribution in [0.15, 0.2) is 91.0 Å². The van der Waals surface area contributed by atoms with Gasteiger partial charge in [0, 0.05) is 5.92 Å². The van der Waals surface area contributed by atoms with Crippen molar-refractivity contribution in [3.8, 4) is 0 Å². The van der Waals surface area contributed by atoms with Gasteiger partial charge < -0.3 is 24.1 Å². The molecule has 3 aromatic rings. The van der Waals surface area contributed by atoms with E-state index in [9.17, 15) is 9.90 Å². The molecular weight excluding hydrogens is 456 g/mol. The fourth-order valence-electron chi connectivity index (χ4n) is 4.63. The van der Waals surface area contributed by atoms with Crippen molar-refractivity contribution in [1.82, 2.24) is 0 Å². The summed E-state index contributed by atoms with van der Waals surface area (Å²) < 4.78 is 23.7. The highest BCUT2D eigenvalue weighted by Crippen LogP contribution is 2.46. The Morgan fingerprint density at radius 3 is 1.81 bits per heavy atom. The number of carbonyl (C=O) groups is 1. The fraction of sp³-hybridized carbons (Fsp3) is 0.367. The van der Waals surface area contributed by atoms with Crippen molar-refractivity contribution in [2.45, 2.75) is 51.0 Å². The van der Waals surface area contributed by atoms with Gasteiger partial charge in [0.05, 0.1) is 45.6 Å². The molecule has 0 aromatic heterocycles. The maximum atomic E-state index is 12.5. The van der Waals surface area contributed by atoms with Crippen molar-refractivity contribution in [2.75, 3.05) is 13.2 Å². The summed E-state index contributed by atoms with van der Waals surface area (Å²) in [6, 6.07) is 29.4. The van der Waals surface area contributed by atoms with Crippen LogP contribution in [-0.2, 0) is 43.6 Å². The van der Waals surface area contributed by atoms with E-state index in [1.165, 1.54) is 0 Å². The number of hydrogen-bond acceptors (Lipinski definition) is 6. The van der Waals surface area contributed by atoms with E-state index in [0.29, 0.717) is 19.8 Å². The number of carbonyl (C=O) groups excluding carboxylic acids is 1. The van der Waals surface area contributed by atoms with Gasteiger partial charge in [-0.3, -0.25) is 4.79 Å². The van der Waals surface area contributed by atoms with Crippen molar-refractivity contribution in [2.24, 2.45) is 5.92 Å². The molecule has 0 aliphatic heterocycles. The monoisotopic (exact) mass is 490 g/mol. The Hall–Kier alpha value is -3.03. The molecule has 1 fully saturated rings.